The van der Waals surface area contributed by atoms with Gasteiger partial charge in [0.2, 0.25) is 0 Å². The first-order valence-corrected chi connectivity index (χ1v) is 6.01. The topological polar surface area (TPSA) is 26.3 Å². The molecule has 2 nitrogen and oxygen atoms in total. The summed E-state index contributed by atoms with van der Waals surface area (Å²) < 4.78 is 18.6. The molecule has 0 aliphatic carbocycles. The average Bonchev–Trinajstić information content (AvgIpc) is 2.31. The van der Waals surface area contributed by atoms with E-state index in [1.807, 2.05) is 0 Å². The first-order chi connectivity index (χ1) is 8.08. The van der Waals surface area contributed by atoms with Gasteiger partial charge < -0.3 is 4.74 Å². The molecule has 1 aromatic rings. The molecule has 1 aromatic carbocycles. The van der Waals surface area contributed by atoms with E-state index < -0.39 is 5.82 Å². The van der Waals surface area contributed by atoms with E-state index in [-0.39, 0.29) is 5.78 Å². The summed E-state index contributed by atoms with van der Waals surface area (Å²) in [6.45, 7) is 6.19. The van der Waals surface area contributed by atoms with Gasteiger partial charge in [-0.15, -0.1) is 0 Å². The molecular weight excluding hydrogens is 219 g/mol. The summed E-state index contributed by atoms with van der Waals surface area (Å²) >= 11 is 0. The molecular formula is C14H19FO2. The van der Waals surface area contributed by atoms with Crippen LogP contribution in [0.4, 0.5) is 4.39 Å². The first-order valence-electron chi connectivity index (χ1n) is 6.01. The molecule has 0 amide bonds. The van der Waals surface area contributed by atoms with Gasteiger partial charge in [-0.3, -0.25) is 4.79 Å². The van der Waals surface area contributed by atoms with Crippen LogP contribution in [0.3, 0.4) is 0 Å². The minimum Gasteiger partial charge on any atom is -0.493 e. The minimum absolute atomic E-state index is 0.177. The van der Waals surface area contributed by atoms with Crippen molar-refractivity contribution in [1.82, 2.24) is 0 Å². The normalized spacial score (nSPS) is 10.6. The quantitative estimate of drug-likeness (QED) is 0.704. The van der Waals surface area contributed by atoms with E-state index in [4.69, 9.17) is 4.74 Å². The third kappa shape index (κ3) is 3.84. The van der Waals surface area contributed by atoms with Crippen molar-refractivity contribution in [3.8, 4) is 5.75 Å². The van der Waals surface area contributed by atoms with Gasteiger partial charge in [0.25, 0.3) is 0 Å². The third-order valence-electron chi connectivity index (χ3n) is 2.95. The molecule has 0 fully saturated rings. The SMILES string of the molecule is CCC(CC)COc1ccc(F)cc1C(C)=O. The summed E-state index contributed by atoms with van der Waals surface area (Å²) in [7, 11) is 0. The molecule has 0 N–H and O–H groups in total. The van der Waals surface area contributed by atoms with Crippen LogP contribution < -0.4 is 4.74 Å². The van der Waals surface area contributed by atoms with Gasteiger partial charge >= 0.3 is 0 Å². The van der Waals surface area contributed by atoms with Gasteiger partial charge in [-0.25, -0.2) is 4.39 Å². The average molecular weight is 238 g/mol. The zero-order chi connectivity index (χ0) is 12.8. The van der Waals surface area contributed by atoms with E-state index in [2.05, 4.69) is 13.8 Å². The number of ether oxygens (including phenoxy) is 1. The summed E-state index contributed by atoms with van der Waals surface area (Å²) in [5.74, 6) is 0.361. The molecule has 0 bridgehead atoms. The second kappa shape index (κ2) is 6.38. The Morgan fingerprint density at radius 2 is 2.00 bits per heavy atom. The van der Waals surface area contributed by atoms with Gasteiger partial charge in [-0.05, 0) is 31.0 Å². The highest BCUT2D eigenvalue weighted by molar-refractivity contribution is 5.96. The van der Waals surface area contributed by atoms with E-state index in [1.54, 1.807) is 0 Å². The van der Waals surface area contributed by atoms with Crippen LogP contribution in [0.15, 0.2) is 18.2 Å². The van der Waals surface area contributed by atoms with Crippen LogP contribution in [-0.2, 0) is 0 Å². The fourth-order valence-corrected chi connectivity index (χ4v) is 1.64. The molecule has 17 heavy (non-hydrogen) atoms. The van der Waals surface area contributed by atoms with Crippen LogP contribution in [0, 0.1) is 11.7 Å². The van der Waals surface area contributed by atoms with Gasteiger partial charge in [0.05, 0.1) is 12.2 Å². The lowest BCUT2D eigenvalue weighted by molar-refractivity contribution is 0.101. The van der Waals surface area contributed by atoms with Crippen molar-refractivity contribution in [3.05, 3.63) is 29.6 Å². The van der Waals surface area contributed by atoms with Crippen LogP contribution in [0.25, 0.3) is 0 Å². The molecule has 0 unspecified atom stereocenters. The zero-order valence-corrected chi connectivity index (χ0v) is 10.6. The Labute approximate surface area is 102 Å². The van der Waals surface area contributed by atoms with Crippen molar-refractivity contribution in [2.75, 3.05) is 6.61 Å². The maximum absolute atomic E-state index is 13.0. The van der Waals surface area contributed by atoms with Gasteiger partial charge in [0, 0.05) is 0 Å². The highest BCUT2D eigenvalue weighted by Crippen LogP contribution is 2.21. The van der Waals surface area contributed by atoms with Crippen LogP contribution in [-0.4, -0.2) is 12.4 Å². The maximum atomic E-state index is 13.0. The zero-order valence-electron chi connectivity index (χ0n) is 10.6. The van der Waals surface area contributed by atoms with E-state index in [0.29, 0.717) is 23.8 Å². The number of carbonyl (C=O) groups excluding carboxylic acids is 1. The van der Waals surface area contributed by atoms with Crippen molar-refractivity contribution in [3.63, 3.8) is 0 Å². The molecule has 0 atom stereocenters. The molecule has 0 heterocycles. The van der Waals surface area contributed by atoms with E-state index in [0.717, 1.165) is 12.8 Å². The van der Waals surface area contributed by atoms with Crippen LogP contribution in [0.2, 0.25) is 0 Å². The maximum Gasteiger partial charge on any atom is 0.163 e. The van der Waals surface area contributed by atoms with Gasteiger partial charge in [-0.1, -0.05) is 26.7 Å². The lowest BCUT2D eigenvalue weighted by Gasteiger charge is -2.15. The predicted octanol–water partition coefficient (Wildman–Crippen LogP) is 3.84. The van der Waals surface area contributed by atoms with Crippen molar-refractivity contribution in [2.45, 2.75) is 33.6 Å². The Bertz CT molecular complexity index is 384. The summed E-state index contributed by atoms with van der Waals surface area (Å²) in [5.41, 5.74) is 0.316. The number of hydrogen-bond acceptors (Lipinski definition) is 2. The lowest BCUT2D eigenvalue weighted by atomic mass is 10.1. The molecule has 0 saturated heterocycles. The van der Waals surface area contributed by atoms with Crippen LogP contribution >= 0.6 is 0 Å². The van der Waals surface area contributed by atoms with Crippen LogP contribution in [0.5, 0.6) is 5.75 Å². The monoisotopic (exact) mass is 238 g/mol. The van der Waals surface area contributed by atoms with Crippen molar-refractivity contribution in [1.29, 1.82) is 0 Å². The Morgan fingerprint density at radius 3 is 2.53 bits per heavy atom. The van der Waals surface area contributed by atoms with Gasteiger partial charge in [0.1, 0.15) is 11.6 Å². The Hall–Kier alpha value is -1.38. The predicted molar refractivity (Wildman–Crippen MR) is 66.0 cm³/mol. The fraction of sp³-hybridized carbons (Fsp3) is 0.500. The first kappa shape index (κ1) is 13.7. The van der Waals surface area contributed by atoms with Gasteiger partial charge in [0.15, 0.2) is 5.78 Å². The molecule has 0 aliphatic heterocycles. The molecule has 0 spiro atoms. The van der Waals surface area contributed by atoms with Crippen molar-refractivity contribution in [2.24, 2.45) is 5.92 Å². The Morgan fingerprint density at radius 1 is 1.35 bits per heavy atom. The molecule has 94 valence electrons. The number of ketones is 1. The van der Waals surface area contributed by atoms with Crippen molar-refractivity contribution < 1.29 is 13.9 Å². The standard InChI is InChI=1S/C14H19FO2/c1-4-11(5-2)9-17-14-7-6-12(15)8-13(14)10(3)16/h6-8,11H,4-5,9H2,1-3H3. The molecule has 0 aliphatic rings. The molecule has 0 saturated carbocycles. The second-order valence-corrected chi connectivity index (χ2v) is 4.19. The summed E-state index contributed by atoms with van der Waals surface area (Å²) in [6.07, 6.45) is 2.07. The summed E-state index contributed by atoms with van der Waals surface area (Å²) in [4.78, 5) is 11.4. The summed E-state index contributed by atoms with van der Waals surface area (Å²) in [5, 5.41) is 0. The second-order valence-electron chi connectivity index (χ2n) is 4.19. The van der Waals surface area contributed by atoms with E-state index >= 15 is 0 Å². The number of hydrogen-bond donors (Lipinski definition) is 0. The Balaban J connectivity index is 2.80. The number of Topliss-reactive ketones (excluding diaryl/α,β-unsaturated/α-hetero) is 1. The number of halogens is 1. The Kier molecular flexibility index (Phi) is 5.13. The molecule has 0 aromatic heterocycles. The largest absolute Gasteiger partial charge is 0.493 e. The minimum atomic E-state index is -0.412. The lowest BCUT2D eigenvalue weighted by Crippen LogP contribution is -2.12. The molecule has 0 radical (unpaired) electrons. The van der Waals surface area contributed by atoms with Crippen molar-refractivity contribution >= 4 is 5.78 Å². The number of carbonyl (C=O) groups is 1. The smallest absolute Gasteiger partial charge is 0.163 e. The van der Waals surface area contributed by atoms with E-state index in [1.165, 1.54) is 25.1 Å². The highest BCUT2D eigenvalue weighted by Gasteiger charge is 2.11. The van der Waals surface area contributed by atoms with Crippen LogP contribution in [0.1, 0.15) is 44.0 Å². The van der Waals surface area contributed by atoms with Gasteiger partial charge in [-0.2, -0.15) is 0 Å². The summed E-state index contributed by atoms with van der Waals surface area (Å²) in [6, 6.07) is 4.06. The molecule has 1 rings (SSSR count). The fourth-order valence-electron chi connectivity index (χ4n) is 1.64. The van der Waals surface area contributed by atoms with E-state index in [9.17, 15) is 9.18 Å². The third-order valence-corrected chi connectivity index (χ3v) is 2.95. The highest BCUT2D eigenvalue weighted by atomic mass is 19.1. The molecule has 3 heteroatoms. The number of rotatable bonds is 6. The number of benzene rings is 1.